The van der Waals surface area contributed by atoms with E-state index in [4.69, 9.17) is 5.10 Å². The van der Waals surface area contributed by atoms with Gasteiger partial charge < -0.3 is 5.32 Å². The summed E-state index contributed by atoms with van der Waals surface area (Å²) in [6.45, 7) is 0.928. The molecule has 0 bridgehead atoms. The molecule has 1 aliphatic heterocycles. The molecule has 116 valence electrons. The zero-order valence-electron chi connectivity index (χ0n) is 12.4. The summed E-state index contributed by atoms with van der Waals surface area (Å²) in [5, 5.41) is 8.23. The number of rotatable bonds is 3. The van der Waals surface area contributed by atoms with Gasteiger partial charge in [-0.25, -0.2) is 9.07 Å². The number of anilines is 1. The summed E-state index contributed by atoms with van der Waals surface area (Å²) in [6, 6.07) is 14.7. The summed E-state index contributed by atoms with van der Waals surface area (Å²) in [5.41, 5.74) is 4.40. The lowest BCUT2D eigenvalue weighted by atomic mass is 10.1. The van der Waals surface area contributed by atoms with Gasteiger partial charge in [0.15, 0.2) is 0 Å². The Hall–Kier alpha value is -2.14. The fraction of sp³-hybridized carbons (Fsp3) is 0.167. The maximum absolute atomic E-state index is 13.1. The van der Waals surface area contributed by atoms with Gasteiger partial charge in [0.25, 0.3) is 0 Å². The standard InChI is InChI=1S/C18H15BrFN3/c19-13-2-1-3-15(11-13)23-18-16(8-9-21-18)17(22-23)10-12-4-6-14(20)7-5-12/h1-7,11,21H,8-10H2. The minimum Gasteiger partial charge on any atom is -0.369 e. The highest BCUT2D eigenvalue weighted by Crippen LogP contribution is 2.30. The third-order valence-corrected chi connectivity index (χ3v) is 4.57. The molecule has 0 fully saturated rings. The lowest BCUT2D eigenvalue weighted by Crippen LogP contribution is -2.05. The predicted octanol–water partition coefficient (Wildman–Crippen LogP) is 4.33. The summed E-state index contributed by atoms with van der Waals surface area (Å²) >= 11 is 3.51. The molecule has 0 radical (unpaired) electrons. The van der Waals surface area contributed by atoms with Gasteiger partial charge in [0.1, 0.15) is 11.6 Å². The lowest BCUT2D eigenvalue weighted by molar-refractivity contribution is 0.627. The molecule has 0 unspecified atom stereocenters. The van der Waals surface area contributed by atoms with Crippen molar-refractivity contribution < 1.29 is 4.39 Å². The molecular weight excluding hydrogens is 357 g/mol. The highest BCUT2D eigenvalue weighted by Gasteiger charge is 2.23. The van der Waals surface area contributed by atoms with E-state index in [0.717, 1.165) is 40.2 Å². The minimum absolute atomic E-state index is 0.208. The fourth-order valence-electron chi connectivity index (χ4n) is 2.98. The number of aromatic nitrogens is 2. The van der Waals surface area contributed by atoms with Crippen molar-refractivity contribution in [2.75, 3.05) is 11.9 Å². The minimum atomic E-state index is -0.208. The van der Waals surface area contributed by atoms with E-state index in [0.29, 0.717) is 6.42 Å². The highest BCUT2D eigenvalue weighted by molar-refractivity contribution is 9.10. The quantitative estimate of drug-likeness (QED) is 0.742. The van der Waals surface area contributed by atoms with Crippen molar-refractivity contribution in [1.29, 1.82) is 0 Å². The molecule has 5 heteroatoms. The Morgan fingerprint density at radius 3 is 2.78 bits per heavy atom. The number of nitrogens with zero attached hydrogens (tertiary/aromatic N) is 2. The first kappa shape index (κ1) is 14.5. The van der Waals surface area contributed by atoms with Crippen LogP contribution in [0.3, 0.4) is 0 Å². The maximum atomic E-state index is 13.1. The van der Waals surface area contributed by atoms with Crippen LogP contribution < -0.4 is 5.32 Å². The fourth-order valence-corrected chi connectivity index (χ4v) is 3.37. The molecule has 3 aromatic rings. The monoisotopic (exact) mass is 371 g/mol. The third-order valence-electron chi connectivity index (χ3n) is 4.07. The second-order valence-electron chi connectivity index (χ2n) is 5.65. The highest BCUT2D eigenvalue weighted by atomic mass is 79.9. The van der Waals surface area contributed by atoms with Crippen LogP contribution in [-0.2, 0) is 12.8 Å². The predicted molar refractivity (Wildman–Crippen MR) is 92.7 cm³/mol. The van der Waals surface area contributed by atoms with Crippen LogP contribution in [-0.4, -0.2) is 16.3 Å². The van der Waals surface area contributed by atoms with Gasteiger partial charge in [-0.15, -0.1) is 0 Å². The van der Waals surface area contributed by atoms with Crippen molar-refractivity contribution in [2.45, 2.75) is 12.8 Å². The van der Waals surface area contributed by atoms with Gasteiger partial charge in [0, 0.05) is 23.0 Å². The van der Waals surface area contributed by atoms with Gasteiger partial charge in [-0.3, -0.25) is 0 Å². The van der Waals surface area contributed by atoms with Gasteiger partial charge in [-0.05, 0) is 42.3 Å². The summed E-state index contributed by atoms with van der Waals surface area (Å²) in [4.78, 5) is 0. The average molecular weight is 372 g/mol. The van der Waals surface area contributed by atoms with Crippen molar-refractivity contribution in [3.63, 3.8) is 0 Å². The summed E-state index contributed by atoms with van der Waals surface area (Å²) in [7, 11) is 0. The number of nitrogens with one attached hydrogen (secondary N) is 1. The Morgan fingerprint density at radius 2 is 2.00 bits per heavy atom. The number of hydrogen-bond acceptors (Lipinski definition) is 2. The van der Waals surface area contributed by atoms with E-state index in [9.17, 15) is 4.39 Å². The van der Waals surface area contributed by atoms with Crippen LogP contribution >= 0.6 is 15.9 Å². The molecule has 4 rings (SSSR count). The van der Waals surface area contributed by atoms with Gasteiger partial charge in [-0.2, -0.15) is 5.10 Å². The smallest absolute Gasteiger partial charge is 0.133 e. The molecule has 1 aliphatic rings. The number of benzene rings is 2. The van der Waals surface area contributed by atoms with Crippen LogP contribution in [0.1, 0.15) is 16.8 Å². The Balaban J connectivity index is 1.74. The van der Waals surface area contributed by atoms with Crippen molar-refractivity contribution in [1.82, 2.24) is 9.78 Å². The Kier molecular flexibility index (Phi) is 3.65. The third kappa shape index (κ3) is 2.77. The molecule has 0 atom stereocenters. The molecule has 0 amide bonds. The van der Waals surface area contributed by atoms with E-state index >= 15 is 0 Å². The molecule has 0 saturated heterocycles. The van der Waals surface area contributed by atoms with E-state index in [1.165, 1.54) is 17.7 Å². The van der Waals surface area contributed by atoms with Crippen LogP contribution in [0.15, 0.2) is 53.0 Å². The Morgan fingerprint density at radius 1 is 1.17 bits per heavy atom. The first-order valence-corrected chi connectivity index (χ1v) is 8.35. The second-order valence-corrected chi connectivity index (χ2v) is 6.56. The van der Waals surface area contributed by atoms with E-state index in [1.54, 1.807) is 0 Å². The van der Waals surface area contributed by atoms with Gasteiger partial charge in [0.05, 0.1) is 11.4 Å². The SMILES string of the molecule is Fc1ccc(Cc2nn(-c3cccc(Br)c3)c3c2CCN3)cc1. The largest absolute Gasteiger partial charge is 0.369 e. The lowest BCUT2D eigenvalue weighted by Gasteiger charge is -2.06. The first-order chi connectivity index (χ1) is 11.2. The molecule has 1 aromatic heterocycles. The van der Waals surface area contributed by atoms with Gasteiger partial charge >= 0.3 is 0 Å². The van der Waals surface area contributed by atoms with Crippen LogP contribution in [0, 0.1) is 5.82 Å². The Labute approximate surface area is 142 Å². The van der Waals surface area contributed by atoms with Crippen molar-refractivity contribution in [3.8, 4) is 5.69 Å². The molecule has 2 aromatic carbocycles. The molecular formula is C18H15BrFN3. The zero-order valence-corrected chi connectivity index (χ0v) is 14.0. The van der Waals surface area contributed by atoms with Crippen LogP contribution in [0.4, 0.5) is 10.2 Å². The van der Waals surface area contributed by atoms with E-state index < -0.39 is 0 Å². The number of halogens is 2. The molecule has 23 heavy (non-hydrogen) atoms. The Bertz CT molecular complexity index is 855. The van der Waals surface area contributed by atoms with Gasteiger partial charge in [0.2, 0.25) is 0 Å². The normalized spacial score (nSPS) is 13.0. The van der Waals surface area contributed by atoms with Crippen LogP contribution in [0.2, 0.25) is 0 Å². The number of hydrogen-bond donors (Lipinski definition) is 1. The molecule has 2 heterocycles. The zero-order chi connectivity index (χ0) is 15.8. The molecule has 3 nitrogen and oxygen atoms in total. The molecule has 0 aliphatic carbocycles. The van der Waals surface area contributed by atoms with Crippen molar-refractivity contribution in [2.24, 2.45) is 0 Å². The van der Waals surface area contributed by atoms with Crippen molar-refractivity contribution >= 4 is 21.7 Å². The maximum Gasteiger partial charge on any atom is 0.133 e. The topological polar surface area (TPSA) is 29.9 Å². The van der Waals surface area contributed by atoms with E-state index in [2.05, 4.69) is 27.3 Å². The van der Waals surface area contributed by atoms with Crippen molar-refractivity contribution in [3.05, 3.63) is 75.6 Å². The molecule has 0 saturated carbocycles. The summed E-state index contributed by atoms with van der Waals surface area (Å²) in [6.07, 6.45) is 1.69. The van der Waals surface area contributed by atoms with Crippen LogP contribution in [0.25, 0.3) is 5.69 Å². The summed E-state index contributed by atoms with van der Waals surface area (Å²) in [5.74, 6) is 0.862. The van der Waals surface area contributed by atoms with E-state index in [-0.39, 0.29) is 5.82 Å². The van der Waals surface area contributed by atoms with E-state index in [1.807, 2.05) is 35.0 Å². The molecule has 0 spiro atoms. The average Bonchev–Trinajstić information content (AvgIpc) is 3.13. The summed E-state index contributed by atoms with van der Waals surface area (Å²) < 4.78 is 16.1. The first-order valence-electron chi connectivity index (χ1n) is 7.56. The number of fused-ring (bicyclic) bond motifs is 1. The second kappa shape index (κ2) is 5.81. The molecule has 1 N–H and O–H groups in total. The van der Waals surface area contributed by atoms with Crippen LogP contribution in [0.5, 0.6) is 0 Å². The van der Waals surface area contributed by atoms with Gasteiger partial charge in [-0.1, -0.05) is 34.1 Å².